The van der Waals surface area contributed by atoms with Crippen molar-refractivity contribution in [1.29, 1.82) is 0 Å². The number of carbonyl (C=O) groups excluding carboxylic acids is 2. The van der Waals surface area contributed by atoms with Crippen LogP contribution in [0.1, 0.15) is 30.4 Å². The first-order valence-corrected chi connectivity index (χ1v) is 9.48. The Balaban J connectivity index is 1.69. The van der Waals surface area contributed by atoms with Gasteiger partial charge in [-0.25, -0.2) is 4.39 Å². The van der Waals surface area contributed by atoms with Crippen LogP contribution in [0.4, 0.5) is 4.39 Å². The van der Waals surface area contributed by atoms with Crippen molar-refractivity contribution in [2.24, 2.45) is 0 Å². The second-order valence-electron chi connectivity index (χ2n) is 7.00. The quantitative estimate of drug-likeness (QED) is 0.852. The van der Waals surface area contributed by atoms with Crippen LogP contribution in [0, 0.1) is 5.82 Å². The van der Waals surface area contributed by atoms with Crippen LogP contribution in [-0.2, 0) is 22.4 Å². The zero-order valence-corrected chi connectivity index (χ0v) is 15.4. The summed E-state index contributed by atoms with van der Waals surface area (Å²) in [5, 5.41) is 2.90. The van der Waals surface area contributed by atoms with Crippen LogP contribution in [0.5, 0.6) is 0 Å². The Bertz CT molecular complexity index is 756. The Morgan fingerprint density at radius 2 is 1.59 bits per heavy atom. The first-order chi connectivity index (χ1) is 13.1. The summed E-state index contributed by atoms with van der Waals surface area (Å²) in [5.74, 6) is -0.583. The summed E-state index contributed by atoms with van der Waals surface area (Å²) in [6, 6.07) is 15.0. The molecule has 0 radical (unpaired) electrons. The molecular weight excluding hydrogens is 343 g/mol. The van der Waals surface area contributed by atoms with Gasteiger partial charge in [-0.15, -0.1) is 0 Å². The summed E-state index contributed by atoms with van der Waals surface area (Å²) in [5.41, 5.74) is 1.73. The molecule has 5 heteroatoms. The lowest BCUT2D eigenvalue weighted by Gasteiger charge is -2.31. The Kier molecular flexibility index (Phi) is 6.58. The lowest BCUT2D eigenvalue weighted by Crippen LogP contribution is -2.51. The van der Waals surface area contributed by atoms with Gasteiger partial charge in [-0.3, -0.25) is 9.59 Å². The number of nitrogens with one attached hydrogen (secondary N) is 1. The predicted molar refractivity (Wildman–Crippen MR) is 103 cm³/mol. The number of likely N-dealkylation sites (tertiary alicyclic amines) is 1. The maximum Gasteiger partial charge on any atom is 0.245 e. The Labute approximate surface area is 159 Å². The summed E-state index contributed by atoms with van der Waals surface area (Å²) in [6.45, 7) is 1.50. The highest BCUT2D eigenvalue weighted by Gasteiger charge is 2.27. The monoisotopic (exact) mass is 368 g/mol. The van der Waals surface area contributed by atoms with E-state index in [1.807, 2.05) is 35.2 Å². The maximum atomic E-state index is 13.0. The van der Waals surface area contributed by atoms with Crippen molar-refractivity contribution in [3.63, 3.8) is 0 Å². The van der Waals surface area contributed by atoms with Crippen molar-refractivity contribution in [2.45, 2.75) is 38.1 Å². The van der Waals surface area contributed by atoms with E-state index in [1.54, 1.807) is 12.1 Å². The van der Waals surface area contributed by atoms with Crippen LogP contribution < -0.4 is 5.32 Å². The highest BCUT2D eigenvalue weighted by Crippen LogP contribution is 2.13. The average Bonchev–Trinajstić information content (AvgIpc) is 2.70. The molecule has 1 fully saturated rings. The topological polar surface area (TPSA) is 49.4 Å². The molecule has 142 valence electrons. The fourth-order valence-corrected chi connectivity index (χ4v) is 3.42. The van der Waals surface area contributed by atoms with Gasteiger partial charge >= 0.3 is 0 Å². The number of carbonyl (C=O) groups is 2. The van der Waals surface area contributed by atoms with Crippen molar-refractivity contribution >= 4 is 11.8 Å². The normalized spacial score (nSPS) is 15.2. The fraction of sp³-hybridized carbons (Fsp3) is 0.364. The number of hydrogen-bond donors (Lipinski definition) is 1. The third-order valence-electron chi connectivity index (χ3n) is 4.86. The summed E-state index contributed by atoms with van der Waals surface area (Å²) in [7, 11) is 0. The third kappa shape index (κ3) is 5.64. The summed E-state index contributed by atoms with van der Waals surface area (Å²) in [4.78, 5) is 27.4. The molecule has 0 bridgehead atoms. The molecule has 0 aliphatic carbocycles. The number of piperidine rings is 1. The van der Waals surface area contributed by atoms with E-state index >= 15 is 0 Å². The number of rotatable bonds is 6. The maximum absolute atomic E-state index is 13.0. The fourth-order valence-electron chi connectivity index (χ4n) is 3.42. The molecule has 3 rings (SSSR count). The van der Waals surface area contributed by atoms with E-state index in [0.29, 0.717) is 6.42 Å². The van der Waals surface area contributed by atoms with E-state index in [0.717, 1.165) is 43.5 Å². The Hall–Kier alpha value is -2.69. The molecule has 1 N–H and O–H groups in total. The number of nitrogens with zero attached hydrogens (tertiary/aromatic N) is 1. The lowest BCUT2D eigenvalue weighted by atomic mass is 10.0. The second kappa shape index (κ2) is 9.31. The van der Waals surface area contributed by atoms with Crippen molar-refractivity contribution in [3.8, 4) is 0 Å². The molecule has 2 aromatic rings. The molecular formula is C22H25FN2O2. The molecule has 0 spiro atoms. The molecule has 1 saturated heterocycles. The molecule has 1 aliphatic heterocycles. The molecule has 0 aromatic heterocycles. The van der Waals surface area contributed by atoms with Gasteiger partial charge in [-0.05, 0) is 42.5 Å². The number of benzene rings is 2. The number of amides is 2. The van der Waals surface area contributed by atoms with Gasteiger partial charge in [0.25, 0.3) is 0 Å². The lowest BCUT2D eigenvalue weighted by molar-refractivity contribution is -0.137. The second-order valence-corrected chi connectivity index (χ2v) is 7.00. The standard InChI is InChI=1S/C22H25FN2O2/c23-19-11-9-18(10-12-19)16-21(26)24-20(15-17-7-3-1-4-8-17)22(27)25-13-5-2-6-14-25/h1,3-4,7-12,20H,2,5-6,13-16H2,(H,24,26)/t20-/m0/s1. The van der Waals surface area contributed by atoms with Gasteiger partial charge in [0.15, 0.2) is 0 Å². The minimum Gasteiger partial charge on any atom is -0.344 e. The molecule has 2 aromatic carbocycles. The molecule has 27 heavy (non-hydrogen) atoms. The summed E-state index contributed by atoms with van der Waals surface area (Å²) >= 11 is 0. The van der Waals surface area contributed by atoms with Crippen LogP contribution in [-0.4, -0.2) is 35.8 Å². The van der Waals surface area contributed by atoms with E-state index in [4.69, 9.17) is 0 Å². The largest absolute Gasteiger partial charge is 0.344 e. The smallest absolute Gasteiger partial charge is 0.245 e. The van der Waals surface area contributed by atoms with Crippen LogP contribution in [0.25, 0.3) is 0 Å². The molecule has 1 heterocycles. The van der Waals surface area contributed by atoms with Crippen LogP contribution >= 0.6 is 0 Å². The molecule has 0 saturated carbocycles. The van der Waals surface area contributed by atoms with E-state index in [2.05, 4.69) is 5.32 Å². The third-order valence-corrected chi connectivity index (χ3v) is 4.86. The van der Waals surface area contributed by atoms with Crippen molar-refractivity contribution < 1.29 is 14.0 Å². The zero-order chi connectivity index (χ0) is 19.1. The molecule has 2 amide bonds. The minimum atomic E-state index is -0.585. The summed E-state index contributed by atoms with van der Waals surface area (Å²) < 4.78 is 13.0. The van der Waals surface area contributed by atoms with E-state index in [9.17, 15) is 14.0 Å². The minimum absolute atomic E-state index is 0.0222. The van der Waals surface area contributed by atoms with Gasteiger partial charge in [0.1, 0.15) is 11.9 Å². The van der Waals surface area contributed by atoms with E-state index < -0.39 is 6.04 Å². The van der Waals surface area contributed by atoms with Crippen molar-refractivity contribution in [1.82, 2.24) is 10.2 Å². The highest BCUT2D eigenvalue weighted by atomic mass is 19.1. The molecule has 0 unspecified atom stereocenters. The van der Waals surface area contributed by atoms with Gasteiger partial charge in [0, 0.05) is 19.5 Å². The highest BCUT2D eigenvalue weighted by molar-refractivity contribution is 5.88. The first-order valence-electron chi connectivity index (χ1n) is 9.48. The van der Waals surface area contributed by atoms with Gasteiger partial charge in [0.2, 0.25) is 11.8 Å². The predicted octanol–water partition coefficient (Wildman–Crippen LogP) is 3.11. The summed E-state index contributed by atoms with van der Waals surface area (Å²) in [6.07, 6.45) is 3.74. The van der Waals surface area contributed by atoms with Crippen molar-refractivity contribution in [2.75, 3.05) is 13.1 Å². The van der Waals surface area contributed by atoms with Gasteiger partial charge in [-0.2, -0.15) is 0 Å². The zero-order valence-electron chi connectivity index (χ0n) is 15.4. The Morgan fingerprint density at radius 1 is 0.926 bits per heavy atom. The van der Waals surface area contributed by atoms with Gasteiger partial charge in [0.05, 0.1) is 6.42 Å². The molecule has 4 nitrogen and oxygen atoms in total. The van der Waals surface area contributed by atoms with Gasteiger partial charge < -0.3 is 10.2 Å². The molecule has 1 atom stereocenters. The first kappa shape index (κ1) is 19.1. The van der Waals surface area contributed by atoms with E-state index in [1.165, 1.54) is 12.1 Å². The van der Waals surface area contributed by atoms with Crippen LogP contribution in [0.3, 0.4) is 0 Å². The van der Waals surface area contributed by atoms with E-state index in [-0.39, 0.29) is 24.1 Å². The average molecular weight is 368 g/mol. The van der Waals surface area contributed by atoms with Crippen LogP contribution in [0.15, 0.2) is 54.6 Å². The van der Waals surface area contributed by atoms with Gasteiger partial charge in [-0.1, -0.05) is 42.5 Å². The number of hydrogen-bond acceptors (Lipinski definition) is 2. The van der Waals surface area contributed by atoms with Crippen molar-refractivity contribution in [3.05, 3.63) is 71.5 Å². The van der Waals surface area contributed by atoms with Crippen LogP contribution in [0.2, 0.25) is 0 Å². The SMILES string of the molecule is O=C(Cc1ccc(F)cc1)N[C@@H](Cc1ccccc1)C(=O)N1CCCCC1. The Morgan fingerprint density at radius 3 is 2.26 bits per heavy atom. The number of halogens is 1. The molecule has 1 aliphatic rings.